The number of hydrogen-bond acceptors (Lipinski definition) is 2. The van der Waals surface area contributed by atoms with Crippen molar-refractivity contribution >= 4 is 11.8 Å². The second-order valence-corrected chi connectivity index (χ2v) is 5.05. The summed E-state index contributed by atoms with van der Waals surface area (Å²) in [6, 6.07) is 0. The first kappa shape index (κ1) is 10.4. The standard InChI is InChI=1S/C10H21NS/c1-3-8-11-9-10(12-2)6-4-5-7-10/h11H,3-9H2,1-2H3. The van der Waals surface area contributed by atoms with E-state index < -0.39 is 0 Å². The van der Waals surface area contributed by atoms with Gasteiger partial charge in [-0.25, -0.2) is 0 Å². The van der Waals surface area contributed by atoms with Crippen LogP contribution < -0.4 is 5.32 Å². The Hall–Kier alpha value is 0.310. The van der Waals surface area contributed by atoms with E-state index in [0.29, 0.717) is 4.75 Å². The predicted octanol–water partition coefficient (Wildman–Crippen LogP) is 2.66. The third-order valence-electron chi connectivity index (χ3n) is 2.82. The molecule has 0 atom stereocenters. The molecule has 0 radical (unpaired) electrons. The molecule has 0 heterocycles. The maximum atomic E-state index is 3.55. The molecule has 0 unspecified atom stereocenters. The average Bonchev–Trinajstić information content (AvgIpc) is 2.55. The van der Waals surface area contributed by atoms with Crippen molar-refractivity contribution in [3.63, 3.8) is 0 Å². The van der Waals surface area contributed by atoms with Crippen LogP contribution in [0.15, 0.2) is 0 Å². The Morgan fingerprint density at radius 2 is 2.00 bits per heavy atom. The van der Waals surface area contributed by atoms with Gasteiger partial charge in [0.1, 0.15) is 0 Å². The molecule has 0 saturated heterocycles. The van der Waals surface area contributed by atoms with Crippen LogP contribution in [0.1, 0.15) is 39.0 Å². The van der Waals surface area contributed by atoms with Gasteiger partial charge in [0.15, 0.2) is 0 Å². The van der Waals surface area contributed by atoms with Gasteiger partial charge in [-0.15, -0.1) is 0 Å². The molecular weight excluding hydrogens is 166 g/mol. The number of nitrogens with one attached hydrogen (secondary N) is 1. The summed E-state index contributed by atoms with van der Waals surface area (Å²) in [4.78, 5) is 0. The Balaban J connectivity index is 2.24. The van der Waals surface area contributed by atoms with Crippen LogP contribution in [-0.2, 0) is 0 Å². The summed E-state index contributed by atoms with van der Waals surface area (Å²) in [5, 5.41) is 3.55. The van der Waals surface area contributed by atoms with Crippen LogP contribution in [0.4, 0.5) is 0 Å². The molecule has 2 heteroatoms. The first-order valence-electron chi connectivity index (χ1n) is 5.09. The van der Waals surface area contributed by atoms with Gasteiger partial charge in [-0.2, -0.15) is 11.8 Å². The minimum atomic E-state index is 0.592. The maximum absolute atomic E-state index is 3.55. The molecule has 0 amide bonds. The summed E-state index contributed by atoms with van der Waals surface area (Å²) in [7, 11) is 0. The van der Waals surface area contributed by atoms with Crippen molar-refractivity contribution in [2.75, 3.05) is 19.3 Å². The lowest BCUT2D eigenvalue weighted by Gasteiger charge is -2.26. The van der Waals surface area contributed by atoms with E-state index in [1.807, 2.05) is 0 Å². The van der Waals surface area contributed by atoms with Crippen molar-refractivity contribution in [1.82, 2.24) is 5.32 Å². The molecule has 72 valence electrons. The number of thioether (sulfide) groups is 1. The molecule has 1 aliphatic carbocycles. The smallest absolute Gasteiger partial charge is 0.0281 e. The molecule has 0 spiro atoms. The highest BCUT2D eigenvalue weighted by molar-refractivity contribution is 8.00. The second-order valence-electron chi connectivity index (χ2n) is 3.77. The third-order valence-corrected chi connectivity index (χ3v) is 4.24. The van der Waals surface area contributed by atoms with Crippen LogP contribution >= 0.6 is 11.8 Å². The highest BCUT2D eigenvalue weighted by atomic mass is 32.2. The molecule has 0 bridgehead atoms. The first-order chi connectivity index (χ1) is 5.83. The van der Waals surface area contributed by atoms with Gasteiger partial charge in [-0.05, 0) is 32.1 Å². The third kappa shape index (κ3) is 2.67. The van der Waals surface area contributed by atoms with Crippen molar-refractivity contribution in [1.29, 1.82) is 0 Å². The molecule has 1 aliphatic rings. The molecule has 1 rings (SSSR count). The summed E-state index contributed by atoms with van der Waals surface area (Å²) < 4.78 is 0.592. The molecule has 1 fully saturated rings. The maximum Gasteiger partial charge on any atom is 0.0281 e. The molecule has 1 N–H and O–H groups in total. The van der Waals surface area contributed by atoms with E-state index in [0.717, 1.165) is 0 Å². The van der Waals surface area contributed by atoms with Gasteiger partial charge < -0.3 is 5.32 Å². The van der Waals surface area contributed by atoms with Crippen LogP contribution in [-0.4, -0.2) is 24.1 Å². The summed E-state index contributed by atoms with van der Waals surface area (Å²) in [5.74, 6) is 0. The van der Waals surface area contributed by atoms with Gasteiger partial charge >= 0.3 is 0 Å². The molecule has 12 heavy (non-hydrogen) atoms. The van der Waals surface area contributed by atoms with Crippen molar-refractivity contribution in [3.8, 4) is 0 Å². The minimum Gasteiger partial charge on any atom is -0.315 e. The summed E-state index contributed by atoms with van der Waals surface area (Å²) in [6.45, 7) is 4.64. The van der Waals surface area contributed by atoms with E-state index >= 15 is 0 Å². The molecule has 0 aromatic heterocycles. The number of rotatable bonds is 5. The Bertz CT molecular complexity index is 119. The van der Waals surface area contributed by atoms with Gasteiger partial charge in [0, 0.05) is 11.3 Å². The Morgan fingerprint density at radius 3 is 2.50 bits per heavy atom. The Kier molecular flexibility index (Phi) is 4.44. The second kappa shape index (κ2) is 5.13. The molecule has 1 nitrogen and oxygen atoms in total. The van der Waals surface area contributed by atoms with Crippen LogP contribution in [0.2, 0.25) is 0 Å². The van der Waals surface area contributed by atoms with Crippen molar-refractivity contribution in [2.24, 2.45) is 0 Å². The summed E-state index contributed by atoms with van der Waals surface area (Å²) >= 11 is 2.07. The topological polar surface area (TPSA) is 12.0 Å². The van der Waals surface area contributed by atoms with Gasteiger partial charge in [0.25, 0.3) is 0 Å². The highest BCUT2D eigenvalue weighted by Crippen LogP contribution is 2.39. The lowest BCUT2D eigenvalue weighted by molar-refractivity contribution is 0.533. The summed E-state index contributed by atoms with van der Waals surface area (Å²) in [5.41, 5.74) is 0. The molecule has 0 aromatic carbocycles. The van der Waals surface area contributed by atoms with Crippen molar-refractivity contribution in [3.05, 3.63) is 0 Å². The minimum absolute atomic E-state index is 0.592. The fourth-order valence-corrected chi connectivity index (χ4v) is 2.91. The van der Waals surface area contributed by atoms with Gasteiger partial charge in [0.2, 0.25) is 0 Å². The lowest BCUT2D eigenvalue weighted by Crippen LogP contribution is -2.35. The highest BCUT2D eigenvalue weighted by Gasteiger charge is 2.31. The van der Waals surface area contributed by atoms with E-state index in [1.54, 1.807) is 0 Å². The normalized spacial score (nSPS) is 21.5. The fourth-order valence-electron chi connectivity index (χ4n) is 1.97. The molecule has 0 aromatic rings. The first-order valence-corrected chi connectivity index (χ1v) is 6.31. The average molecular weight is 187 g/mol. The zero-order chi connectivity index (χ0) is 8.86. The Labute approximate surface area is 80.7 Å². The van der Waals surface area contributed by atoms with Gasteiger partial charge in [-0.3, -0.25) is 0 Å². The van der Waals surface area contributed by atoms with Crippen LogP contribution in [0.25, 0.3) is 0 Å². The van der Waals surface area contributed by atoms with E-state index in [1.165, 1.54) is 45.2 Å². The van der Waals surface area contributed by atoms with Gasteiger partial charge in [0.05, 0.1) is 0 Å². The van der Waals surface area contributed by atoms with Crippen LogP contribution in [0.3, 0.4) is 0 Å². The van der Waals surface area contributed by atoms with E-state index in [-0.39, 0.29) is 0 Å². The molecule has 1 saturated carbocycles. The fraction of sp³-hybridized carbons (Fsp3) is 1.00. The van der Waals surface area contributed by atoms with Gasteiger partial charge in [-0.1, -0.05) is 19.8 Å². The number of hydrogen-bond donors (Lipinski definition) is 1. The van der Waals surface area contributed by atoms with E-state index in [4.69, 9.17) is 0 Å². The van der Waals surface area contributed by atoms with Crippen molar-refractivity contribution in [2.45, 2.75) is 43.8 Å². The predicted molar refractivity (Wildman–Crippen MR) is 57.9 cm³/mol. The quantitative estimate of drug-likeness (QED) is 0.664. The van der Waals surface area contributed by atoms with Crippen molar-refractivity contribution < 1.29 is 0 Å². The zero-order valence-corrected chi connectivity index (χ0v) is 9.17. The Morgan fingerprint density at radius 1 is 1.33 bits per heavy atom. The van der Waals surface area contributed by atoms with Crippen LogP contribution in [0.5, 0.6) is 0 Å². The van der Waals surface area contributed by atoms with E-state index in [9.17, 15) is 0 Å². The SMILES string of the molecule is CCCNCC1(SC)CCCC1. The lowest BCUT2D eigenvalue weighted by atomic mass is 10.1. The molecular formula is C10H21NS. The monoisotopic (exact) mass is 187 g/mol. The van der Waals surface area contributed by atoms with E-state index in [2.05, 4.69) is 30.3 Å². The zero-order valence-electron chi connectivity index (χ0n) is 8.36. The summed E-state index contributed by atoms with van der Waals surface area (Å²) in [6.07, 6.45) is 9.24. The molecule has 0 aliphatic heterocycles. The largest absolute Gasteiger partial charge is 0.315 e. The van der Waals surface area contributed by atoms with Crippen LogP contribution in [0, 0.1) is 0 Å².